The Kier molecular flexibility index (Phi) is 17.9. The number of aromatic nitrogens is 12. The lowest BCUT2D eigenvalue weighted by Crippen LogP contribution is -2.52. The molecule has 0 amide bonds. The van der Waals surface area contributed by atoms with E-state index in [1.165, 1.54) is 118 Å². The van der Waals surface area contributed by atoms with Gasteiger partial charge >= 0.3 is 0 Å². The van der Waals surface area contributed by atoms with Crippen LogP contribution in [-0.2, 0) is 29.2 Å². The van der Waals surface area contributed by atoms with E-state index in [0.717, 1.165) is 119 Å². The van der Waals surface area contributed by atoms with Crippen LogP contribution in [0.1, 0.15) is 207 Å². The van der Waals surface area contributed by atoms with Crippen LogP contribution in [0.2, 0.25) is 0 Å². The molecule has 0 aliphatic heterocycles. The van der Waals surface area contributed by atoms with E-state index < -0.39 is 23.2 Å². The zero-order valence-electron chi connectivity index (χ0n) is 54.8. The molecule has 3 aromatic rings. The quantitative estimate of drug-likeness (QED) is 0.127. The molecule has 92 heavy (non-hydrogen) atoms. The van der Waals surface area contributed by atoms with E-state index in [9.17, 15) is 33.7 Å². The fourth-order valence-electron chi connectivity index (χ4n) is 24.9. The van der Waals surface area contributed by atoms with E-state index in [1.807, 2.05) is 0 Å². The summed E-state index contributed by atoms with van der Waals surface area (Å²) in [5.41, 5.74) is -1.67. The second-order valence-corrected chi connectivity index (χ2v) is 33.5. The molecule has 3 heterocycles. The molecule has 20 heteroatoms. The largest absolute Gasteiger partial charge is 0.384 e. The van der Waals surface area contributed by atoms with E-state index in [2.05, 4.69) is 96.7 Å². The van der Waals surface area contributed by atoms with Crippen molar-refractivity contribution < 1.29 is 33.7 Å². The maximum atomic E-state index is 13.4. The molecule has 17 nitrogen and oxygen atoms in total. The summed E-state index contributed by atoms with van der Waals surface area (Å²) >= 11 is 5.61. The molecule has 3 N–H and O–H groups in total. The standard InChI is InChI=1S/C26H36N4O2.C23H31ClN4O2.C23H34F2N4O/c1-25-11-9-20-19-10-13-26(32,12-8-17-2-3-17)14-18(19)4-5-21(20)22(25)6-7-23(25)24(31)15-30-28-16-27-29-30;1-22-8-6-17-16-7-9-23(30,10-11-24)12-15(16)2-3-18(17)19(22)4-5-20(22)21(29)13-28-26-14-25-27-28;1-14(12-29-27-13-26-28-29)19-5-6-20-18-4-3-15-11-23(30,21(24)25)10-8-16(15)17(18)7-9-22(19,20)2/h16-23,32H,2-7,9-11,13-15H2,1H3;14-20,30H,2-9,12-13H2,1H3;13,15-21,30H,1,3-12H2,2H3/t18-,19-,20+,21+,22-,23+,25-,26-;15-,16-,17+,18+,19-,20+,22-,23+;15-,16-,17+,18+,19+,20-,22+,23-/m000/s1. The summed E-state index contributed by atoms with van der Waals surface area (Å²) < 4.78 is 26.8. The Balaban J connectivity index is 0.000000120. The Labute approximate surface area is 547 Å². The van der Waals surface area contributed by atoms with Gasteiger partial charge in [-0.1, -0.05) is 50.7 Å². The van der Waals surface area contributed by atoms with Crippen molar-refractivity contribution in [1.29, 1.82) is 0 Å². The van der Waals surface area contributed by atoms with Crippen LogP contribution in [0, 0.1) is 152 Å². The lowest BCUT2D eigenvalue weighted by atomic mass is 9.48. The van der Waals surface area contributed by atoms with Crippen molar-refractivity contribution in [1.82, 2.24) is 60.6 Å². The van der Waals surface area contributed by atoms with Crippen LogP contribution >= 0.6 is 11.6 Å². The summed E-state index contributed by atoms with van der Waals surface area (Å²) in [5.74, 6) is 21.1. The Morgan fingerprint density at radius 3 is 1.29 bits per heavy atom. The number of halogens is 3. The Hall–Kier alpha value is -4.56. The number of tetrazole rings is 3. The van der Waals surface area contributed by atoms with Gasteiger partial charge in [-0.2, -0.15) is 14.4 Å². The molecule has 16 rings (SSSR count). The molecule has 500 valence electrons. The number of alkyl halides is 2. The van der Waals surface area contributed by atoms with Crippen molar-refractivity contribution in [3.05, 3.63) is 31.1 Å². The predicted molar refractivity (Wildman–Crippen MR) is 339 cm³/mol. The van der Waals surface area contributed by atoms with Gasteiger partial charge in [-0.05, 0) is 324 Å². The van der Waals surface area contributed by atoms with Crippen molar-refractivity contribution in [3.63, 3.8) is 0 Å². The third-order valence-electron chi connectivity index (χ3n) is 29.2. The Morgan fingerprint density at radius 2 is 0.880 bits per heavy atom. The molecule has 13 saturated carbocycles. The third-order valence-corrected chi connectivity index (χ3v) is 29.3. The van der Waals surface area contributed by atoms with Gasteiger partial charge < -0.3 is 15.3 Å². The first kappa shape index (κ1) is 64.8. The van der Waals surface area contributed by atoms with Crippen LogP contribution in [0.25, 0.3) is 0 Å². The van der Waals surface area contributed by atoms with E-state index in [-0.39, 0.29) is 65.1 Å². The van der Waals surface area contributed by atoms with Gasteiger partial charge in [0.2, 0.25) is 0 Å². The first-order valence-corrected chi connectivity index (χ1v) is 36.5. The maximum absolute atomic E-state index is 13.4. The van der Waals surface area contributed by atoms with Crippen LogP contribution in [0.4, 0.5) is 8.78 Å². The number of fused-ring (bicyclic) bond motifs is 15. The molecule has 13 aliphatic rings. The number of nitrogens with zero attached hydrogens (tertiary/aromatic N) is 12. The molecule has 0 saturated heterocycles. The van der Waals surface area contributed by atoms with Gasteiger partial charge in [-0.15, -0.1) is 30.6 Å². The van der Waals surface area contributed by atoms with Gasteiger partial charge in [0.15, 0.2) is 30.5 Å². The Bertz CT molecular complexity index is 3260. The van der Waals surface area contributed by atoms with E-state index in [4.69, 9.17) is 11.6 Å². The lowest BCUT2D eigenvalue weighted by molar-refractivity contribution is -0.159. The van der Waals surface area contributed by atoms with Gasteiger partial charge in [-0.3, -0.25) is 9.59 Å². The van der Waals surface area contributed by atoms with Crippen molar-refractivity contribution in [2.75, 3.05) is 0 Å². The molecule has 0 radical (unpaired) electrons. The summed E-state index contributed by atoms with van der Waals surface area (Å²) in [6, 6.07) is 0. The molecule has 0 aromatic carbocycles. The SMILES string of the molecule is C=C(Cn1ncnn1)[C@H]1CC[C@H]2[C@@H]3CC[C@H]4C[C@](O)(C(F)F)CC[C@@H]4[C@H]3CC[C@]12C.C[C@]12CC[C@H]3[C@@H](CC[C@H]4C[C@](O)(C#CC5CC5)CC[C@@H]43)[C@@H]1CC[C@@H]2C(=O)Cn1ncnn1.C[C@]12CC[C@H]3[C@@H](CC[C@H]4C[C@](O)(C#CCl)CC[C@@H]43)[C@@H]1CC[C@@H]2C(=O)Cn1ncnn1. The normalized spacial score (nSPS) is 45.2. The predicted octanol–water partition coefficient (Wildman–Crippen LogP) is 11.6. The highest BCUT2D eigenvalue weighted by Gasteiger charge is 2.63. The molecule has 24 atom stereocenters. The molecule has 13 aliphatic carbocycles. The highest BCUT2D eigenvalue weighted by Crippen LogP contribution is 2.69. The third kappa shape index (κ3) is 12.1. The van der Waals surface area contributed by atoms with E-state index in [0.29, 0.717) is 78.1 Å². The minimum Gasteiger partial charge on any atom is -0.384 e. The van der Waals surface area contributed by atoms with Crippen LogP contribution in [-0.4, -0.2) is 111 Å². The minimum absolute atomic E-state index is 0.102. The van der Waals surface area contributed by atoms with Crippen molar-refractivity contribution >= 4 is 23.2 Å². The molecular weight excluding hydrogens is 1190 g/mol. The topological polar surface area (TPSA) is 226 Å². The zero-order valence-corrected chi connectivity index (χ0v) is 55.5. The van der Waals surface area contributed by atoms with Crippen LogP contribution in [0.5, 0.6) is 0 Å². The van der Waals surface area contributed by atoms with Crippen LogP contribution in [0.3, 0.4) is 0 Å². The van der Waals surface area contributed by atoms with Gasteiger partial charge in [0.25, 0.3) is 6.43 Å². The highest BCUT2D eigenvalue weighted by atomic mass is 35.5. The number of rotatable bonds is 10. The fraction of sp³-hybridized carbons (Fsp3) is 0.847. The average Bonchev–Trinajstić information content (AvgIpc) is 1.47. The number of hydrogen-bond acceptors (Lipinski definition) is 14. The zero-order chi connectivity index (χ0) is 64.0. The first-order chi connectivity index (χ1) is 44.2. The number of carbonyl (C=O) groups is 2. The fourth-order valence-corrected chi connectivity index (χ4v) is 25.1. The molecule has 3 aromatic heterocycles. The van der Waals surface area contributed by atoms with Gasteiger partial charge in [0.05, 0.1) is 6.54 Å². The summed E-state index contributed by atoms with van der Waals surface area (Å²) in [6.45, 7) is 12.8. The molecule has 0 unspecified atom stereocenters. The molecule has 0 spiro atoms. The molecule has 13 fully saturated rings. The number of Topliss-reactive ketones (excluding diaryl/α,β-unsaturated/α-hetero) is 2. The summed E-state index contributed by atoms with van der Waals surface area (Å²) in [4.78, 5) is 30.8. The Morgan fingerprint density at radius 1 is 0.489 bits per heavy atom. The second kappa shape index (κ2) is 25.5. The van der Waals surface area contributed by atoms with Gasteiger partial charge in [0.1, 0.15) is 29.9 Å². The van der Waals surface area contributed by atoms with Crippen molar-refractivity contribution in [3.8, 4) is 23.1 Å². The first-order valence-electron chi connectivity index (χ1n) is 36.2. The monoisotopic (exact) mass is 1290 g/mol. The number of hydrogen-bond donors (Lipinski definition) is 3. The number of aliphatic hydroxyl groups is 3. The molecule has 0 bridgehead atoms. The number of allylic oxidation sites excluding steroid dienone is 1. The summed E-state index contributed by atoms with van der Waals surface area (Å²) in [7, 11) is 0. The average molecular weight is 1290 g/mol. The molecular formula is C72H101ClF2N12O5. The highest BCUT2D eigenvalue weighted by molar-refractivity contribution is 6.30. The second-order valence-electron chi connectivity index (χ2n) is 33.3. The van der Waals surface area contributed by atoms with E-state index >= 15 is 0 Å². The van der Waals surface area contributed by atoms with Crippen LogP contribution < -0.4 is 0 Å². The van der Waals surface area contributed by atoms with Crippen molar-refractivity contribution in [2.24, 2.45) is 129 Å². The number of carbonyl (C=O) groups excluding carboxylic acids is 2. The minimum atomic E-state index is -2.62. The summed E-state index contributed by atoms with van der Waals surface area (Å²) in [6.07, 6.45) is 31.8. The van der Waals surface area contributed by atoms with Crippen molar-refractivity contribution in [2.45, 2.75) is 250 Å². The van der Waals surface area contributed by atoms with E-state index in [1.54, 1.807) is 4.80 Å². The van der Waals surface area contributed by atoms with Crippen LogP contribution in [0.15, 0.2) is 31.1 Å². The number of ketones is 2. The lowest BCUT2D eigenvalue weighted by Gasteiger charge is -2.57. The maximum Gasteiger partial charge on any atom is 0.266 e. The smallest absolute Gasteiger partial charge is 0.266 e. The van der Waals surface area contributed by atoms with Gasteiger partial charge in [0, 0.05) is 23.1 Å². The van der Waals surface area contributed by atoms with Gasteiger partial charge in [-0.25, -0.2) is 8.78 Å². The summed E-state index contributed by atoms with van der Waals surface area (Å²) in [5, 5.41) is 70.1.